The summed E-state index contributed by atoms with van der Waals surface area (Å²) in [7, 11) is 0. The van der Waals surface area contributed by atoms with Crippen molar-refractivity contribution in [3.8, 4) is 0 Å². The molecule has 0 aromatic carbocycles. The Morgan fingerprint density at radius 1 is 1.08 bits per heavy atom. The minimum Gasteiger partial charge on any atom is -0.396 e. The van der Waals surface area contributed by atoms with E-state index in [9.17, 15) is 0 Å². The van der Waals surface area contributed by atoms with Gasteiger partial charge in [-0.1, -0.05) is 12.0 Å². The average molecular weight is 170 g/mol. The zero-order valence-corrected chi connectivity index (χ0v) is 7.55. The molecule has 0 aromatic heterocycles. The zero-order valence-electron chi connectivity index (χ0n) is 7.55. The van der Waals surface area contributed by atoms with Crippen LogP contribution in [0.1, 0.15) is 38.5 Å². The van der Waals surface area contributed by atoms with E-state index in [-0.39, 0.29) is 13.2 Å². The maximum atomic E-state index is 9.04. The lowest BCUT2D eigenvalue weighted by molar-refractivity contribution is 0.276. The summed E-state index contributed by atoms with van der Waals surface area (Å²) in [6.45, 7) is 0.301. The molecule has 1 saturated carbocycles. The first-order valence-electron chi connectivity index (χ1n) is 4.80. The number of hydrogen-bond donors (Lipinski definition) is 2. The Bertz CT molecular complexity index is 148. The van der Waals surface area contributed by atoms with E-state index < -0.39 is 0 Å². The van der Waals surface area contributed by atoms with Crippen LogP contribution in [-0.4, -0.2) is 23.4 Å². The number of rotatable bonds is 3. The van der Waals surface area contributed by atoms with Crippen molar-refractivity contribution in [2.45, 2.75) is 38.5 Å². The monoisotopic (exact) mass is 170 g/mol. The van der Waals surface area contributed by atoms with E-state index in [4.69, 9.17) is 10.2 Å². The van der Waals surface area contributed by atoms with Gasteiger partial charge in [-0.2, -0.15) is 0 Å². The van der Waals surface area contributed by atoms with Gasteiger partial charge in [0.15, 0.2) is 0 Å². The molecule has 0 saturated heterocycles. The summed E-state index contributed by atoms with van der Waals surface area (Å²) in [5.74, 6) is 0. The van der Waals surface area contributed by atoms with Crippen molar-refractivity contribution in [1.29, 1.82) is 0 Å². The standard InChI is InChI=1S/C10H18O2/c11-7-6-10(8-12)9-4-2-1-3-5-9/h11-12H,1-8H2. The van der Waals surface area contributed by atoms with Crippen molar-refractivity contribution in [2.24, 2.45) is 0 Å². The van der Waals surface area contributed by atoms with Gasteiger partial charge in [0.2, 0.25) is 0 Å². The molecule has 0 spiro atoms. The molecule has 0 aromatic rings. The third kappa shape index (κ3) is 2.61. The molecular formula is C10H18O2. The molecule has 0 unspecified atom stereocenters. The van der Waals surface area contributed by atoms with Gasteiger partial charge >= 0.3 is 0 Å². The van der Waals surface area contributed by atoms with Gasteiger partial charge in [0.1, 0.15) is 0 Å². The molecule has 0 aliphatic heterocycles. The second kappa shape index (κ2) is 5.33. The number of aliphatic hydroxyl groups excluding tert-OH is 2. The third-order valence-electron chi connectivity index (χ3n) is 2.56. The molecule has 1 aliphatic rings. The Hall–Kier alpha value is -0.340. The van der Waals surface area contributed by atoms with Crippen molar-refractivity contribution in [1.82, 2.24) is 0 Å². The highest BCUT2D eigenvalue weighted by molar-refractivity contribution is 5.16. The topological polar surface area (TPSA) is 40.5 Å². The highest BCUT2D eigenvalue weighted by Gasteiger charge is 2.09. The fraction of sp³-hybridized carbons (Fsp3) is 0.800. The molecule has 0 atom stereocenters. The van der Waals surface area contributed by atoms with Crippen molar-refractivity contribution >= 4 is 0 Å². The molecular weight excluding hydrogens is 152 g/mol. The molecule has 0 radical (unpaired) electrons. The van der Waals surface area contributed by atoms with Crippen LogP contribution in [0, 0.1) is 0 Å². The second-order valence-electron chi connectivity index (χ2n) is 3.40. The minimum atomic E-state index is 0.135. The smallest absolute Gasteiger partial charge is 0.0645 e. The van der Waals surface area contributed by atoms with Crippen LogP contribution in [0.5, 0.6) is 0 Å². The van der Waals surface area contributed by atoms with E-state index in [0.29, 0.717) is 6.42 Å². The van der Waals surface area contributed by atoms with Crippen molar-refractivity contribution in [3.05, 3.63) is 11.1 Å². The van der Waals surface area contributed by atoms with Crippen molar-refractivity contribution in [3.63, 3.8) is 0 Å². The van der Waals surface area contributed by atoms with E-state index in [1.807, 2.05) is 0 Å². The maximum absolute atomic E-state index is 9.04. The lowest BCUT2D eigenvalue weighted by atomic mass is 9.90. The number of hydrogen-bond acceptors (Lipinski definition) is 2. The summed E-state index contributed by atoms with van der Waals surface area (Å²) in [5, 5.41) is 17.8. The predicted octanol–water partition coefficient (Wildman–Crippen LogP) is 1.62. The second-order valence-corrected chi connectivity index (χ2v) is 3.40. The molecule has 0 heterocycles. The molecule has 1 rings (SSSR count). The van der Waals surface area contributed by atoms with Crippen LogP contribution in [0.3, 0.4) is 0 Å². The van der Waals surface area contributed by atoms with Crippen LogP contribution in [0.4, 0.5) is 0 Å². The van der Waals surface area contributed by atoms with Crippen LogP contribution in [0.15, 0.2) is 11.1 Å². The normalized spacial score (nSPS) is 18.0. The predicted molar refractivity (Wildman–Crippen MR) is 48.9 cm³/mol. The highest BCUT2D eigenvalue weighted by Crippen LogP contribution is 2.26. The van der Waals surface area contributed by atoms with E-state index in [2.05, 4.69) is 0 Å². The SMILES string of the molecule is OCCC(CO)=C1CCCCC1. The molecule has 2 N–H and O–H groups in total. The fourth-order valence-electron chi connectivity index (χ4n) is 1.83. The van der Waals surface area contributed by atoms with Crippen LogP contribution >= 0.6 is 0 Å². The Balaban J connectivity index is 2.55. The van der Waals surface area contributed by atoms with Gasteiger partial charge in [0.25, 0.3) is 0 Å². The summed E-state index contributed by atoms with van der Waals surface area (Å²) in [4.78, 5) is 0. The van der Waals surface area contributed by atoms with Crippen LogP contribution < -0.4 is 0 Å². The molecule has 0 amide bonds. The number of aliphatic hydroxyl groups is 2. The van der Waals surface area contributed by atoms with Crippen LogP contribution in [0.2, 0.25) is 0 Å². The van der Waals surface area contributed by atoms with Gasteiger partial charge in [0.05, 0.1) is 6.61 Å². The van der Waals surface area contributed by atoms with Crippen molar-refractivity contribution < 1.29 is 10.2 Å². The Morgan fingerprint density at radius 3 is 2.25 bits per heavy atom. The maximum Gasteiger partial charge on any atom is 0.0645 e. The van der Waals surface area contributed by atoms with E-state index >= 15 is 0 Å². The fourth-order valence-corrected chi connectivity index (χ4v) is 1.83. The summed E-state index contributed by atoms with van der Waals surface area (Å²) in [6, 6.07) is 0. The molecule has 70 valence electrons. The lowest BCUT2D eigenvalue weighted by Crippen LogP contribution is -2.03. The molecule has 1 aliphatic carbocycles. The van der Waals surface area contributed by atoms with Gasteiger partial charge in [-0.25, -0.2) is 0 Å². The summed E-state index contributed by atoms with van der Waals surface area (Å²) in [6.07, 6.45) is 6.76. The van der Waals surface area contributed by atoms with Gasteiger partial charge in [-0.05, 0) is 37.7 Å². The van der Waals surface area contributed by atoms with Crippen molar-refractivity contribution in [2.75, 3.05) is 13.2 Å². The average Bonchev–Trinajstić information content (AvgIpc) is 2.15. The van der Waals surface area contributed by atoms with Crippen LogP contribution in [0.25, 0.3) is 0 Å². The minimum absolute atomic E-state index is 0.135. The van der Waals surface area contributed by atoms with E-state index in [0.717, 1.165) is 18.4 Å². The van der Waals surface area contributed by atoms with Crippen LogP contribution in [-0.2, 0) is 0 Å². The van der Waals surface area contributed by atoms with Gasteiger partial charge in [0, 0.05) is 6.61 Å². The molecule has 2 heteroatoms. The first kappa shape index (κ1) is 9.75. The third-order valence-corrected chi connectivity index (χ3v) is 2.56. The summed E-state index contributed by atoms with van der Waals surface area (Å²) in [5.41, 5.74) is 2.48. The number of allylic oxidation sites excluding steroid dienone is 1. The summed E-state index contributed by atoms with van der Waals surface area (Å²) >= 11 is 0. The quantitative estimate of drug-likeness (QED) is 0.632. The van der Waals surface area contributed by atoms with Gasteiger partial charge in [-0.3, -0.25) is 0 Å². The van der Waals surface area contributed by atoms with E-state index in [1.54, 1.807) is 0 Å². The molecule has 2 nitrogen and oxygen atoms in total. The highest BCUT2D eigenvalue weighted by atomic mass is 16.3. The molecule has 1 fully saturated rings. The zero-order chi connectivity index (χ0) is 8.81. The Labute approximate surface area is 73.9 Å². The molecule has 12 heavy (non-hydrogen) atoms. The first-order chi connectivity index (χ1) is 5.88. The Morgan fingerprint density at radius 2 is 1.75 bits per heavy atom. The first-order valence-corrected chi connectivity index (χ1v) is 4.80. The van der Waals surface area contributed by atoms with Gasteiger partial charge in [-0.15, -0.1) is 0 Å². The largest absolute Gasteiger partial charge is 0.396 e. The molecule has 0 bridgehead atoms. The Kier molecular flexibility index (Phi) is 4.33. The summed E-state index contributed by atoms with van der Waals surface area (Å²) < 4.78 is 0. The lowest BCUT2D eigenvalue weighted by Gasteiger charge is -2.17. The van der Waals surface area contributed by atoms with E-state index in [1.165, 1.54) is 24.8 Å². The van der Waals surface area contributed by atoms with Gasteiger partial charge < -0.3 is 10.2 Å².